The number of thiophene rings is 1. The standard InChI is InChI=1S/C46H29NOS/c1-2-14-36-30(10-1)11-8-17-37(36)31-22-24-33(25-23-31)47(35-26-27-40-39-15-3-5-19-42(39)48-43(40)29-35)34-13-7-12-32(28-34)38-18-9-21-45-46(38)41-16-4-6-20-44(41)49-45/h1-29H/i7D,12D,13D,22D,23D,24D,25D,28D. The fourth-order valence-corrected chi connectivity index (χ4v) is 7.91. The summed E-state index contributed by atoms with van der Waals surface area (Å²) in [6, 6.07) is 36.7. The van der Waals surface area contributed by atoms with Crippen molar-refractivity contribution in [2.45, 2.75) is 0 Å². The molecule has 2 nitrogen and oxygen atoms in total. The van der Waals surface area contributed by atoms with Gasteiger partial charge in [-0.3, -0.25) is 0 Å². The maximum absolute atomic E-state index is 9.89. The highest BCUT2D eigenvalue weighted by atomic mass is 32.1. The number of benzene rings is 8. The van der Waals surface area contributed by atoms with Gasteiger partial charge in [-0.05, 0) is 87.5 Å². The van der Waals surface area contributed by atoms with E-state index in [4.69, 9.17) is 4.42 Å². The minimum atomic E-state index is -0.462. The molecule has 0 aliphatic carbocycles. The summed E-state index contributed by atoms with van der Waals surface area (Å²) < 4.78 is 83.9. The molecule has 0 radical (unpaired) electrons. The second-order valence-electron chi connectivity index (χ2n) is 11.9. The summed E-state index contributed by atoms with van der Waals surface area (Å²) in [4.78, 5) is 1.37. The Morgan fingerprint density at radius 1 is 0.490 bits per heavy atom. The number of anilines is 3. The summed E-state index contributed by atoms with van der Waals surface area (Å²) in [6.07, 6.45) is 0. The molecule has 0 aliphatic heterocycles. The van der Waals surface area contributed by atoms with Crippen molar-refractivity contribution in [1.82, 2.24) is 0 Å². The lowest BCUT2D eigenvalue weighted by atomic mass is 9.97. The van der Waals surface area contributed by atoms with Crippen molar-refractivity contribution in [1.29, 1.82) is 0 Å². The molecule has 0 amide bonds. The van der Waals surface area contributed by atoms with Crippen molar-refractivity contribution >= 4 is 81.3 Å². The molecule has 10 aromatic rings. The van der Waals surface area contributed by atoms with E-state index in [1.807, 2.05) is 109 Å². The third-order valence-electron chi connectivity index (χ3n) is 9.02. The van der Waals surface area contributed by atoms with E-state index in [1.165, 1.54) is 4.90 Å². The van der Waals surface area contributed by atoms with Gasteiger partial charge in [-0.2, -0.15) is 0 Å². The molecule has 0 saturated carbocycles. The zero-order valence-electron chi connectivity index (χ0n) is 33.9. The molecule has 3 heteroatoms. The van der Waals surface area contributed by atoms with Crippen LogP contribution < -0.4 is 4.90 Å². The lowest BCUT2D eigenvalue weighted by Crippen LogP contribution is -2.10. The molecule has 0 fully saturated rings. The van der Waals surface area contributed by atoms with Gasteiger partial charge in [0.25, 0.3) is 0 Å². The van der Waals surface area contributed by atoms with Gasteiger partial charge in [0.2, 0.25) is 0 Å². The maximum Gasteiger partial charge on any atom is 0.137 e. The average Bonchev–Trinajstić information content (AvgIpc) is 3.80. The monoisotopic (exact) mass is 651 g/mol. The Morgan fingerprint density at radius 2 is 1.20 bits per heavy atom. The molecule has 0 saturated heterocycles. The van der Waals surface area contributed by atoms with Gasteiger partial charge in [-0.1, -0.05) is 115 Å². The molecule has 0 spiro atoms. The van der Waals surface area contributed by atoms with Gasteiger partial charge in [0.1, 0.15) is 11.2 Å². The second kappa shape index (κ2) is 11.2. The molecule has 0 atom stereocenters. The minimum Gasteiger partial charge on any atom is -0.456 e. The third kappa shape index (κ3) is 4.62. The predicted octanol–water partition coefficient (Wildman–Crippen LogP) is 13.9. The Bertz CT molecular complexity index is 3280. The topological polar surface area (TPSA) is 16.4 Å². The minimum absolute atomic E-state index is 0.120. The number of fused-ring (bicyclic) bond motifs is 7. The van der Waals surface area contributed by atoms with E-state index >= 15 is 0 Å². The largest absolute Gasteiger partial charge is 0.456 e. The van der Waals surface area contributed by atoms with Crippen molar-refractivity contribution in [2.24, 2.45) is 0 Å². The first kappa shape index (κ1) is 20.9. The van der Waals surface area contributed by atoms with Crippen LogP contribution in [-0.4, -0.2) is 0 Å². The Kier molecular flexibility index (Phi) is 4.80. The third-order valence-corrected chi connectivity index (χ3v) is 10.2. The highest BCUT2D eigenvalue weighted by Gasteiger charge is 2.18. The second-order valence-corrected chi connectivity index (χ2v) is 12.9. The summed E-state index contributed by atoms with van der Waals surface area (Å²) in [7, 11) is 0. The van der Waals surface area contributed by atoms with Gasteiger partial charge >= 0.3 is 0 Å². The number of hydrogen-bond donors (Lipinski definition) is 0. The zero-order chi connectivity index (χ0) is 39.3. The van der Waals surface area contributed by atoms with Crippen LogP contribution in [0.1, 0.15) is 11.0 Å². The van der Waals surface area contributed by atoms with E-state index in [9.17, 15) is 11.0 Å². The smallest absolute Gasteiger partial charge is 0.137 e. The molecular formula is C46H29NOS. The lowest BCUT2D eigenvalue weighted by Gasteiger charge is -2.26. The van der Waals surface area contributed by atoms with Crippen molar-refractivity contribution < 1.29 is 15.4 Å². The van der Waals surface area contributed by atoms with Crippen LogP contribution in [0.25, 0.3) is 75.1 Å². The van der Waals surface area contributed by atoms with Crippen molar-refractivity contribution in [2.75, 3.05) is 4.90 Å². The zero-order valence-corrected chi connectivity index (χ0v) is 26.7. The molecule has 2 heterocycles. The first-order chi connectivity index (χ1) is 27.6. The first-order valence-corrected chi connectivity index (χ1v) is 16.8. The van der Waals surface area contributed by atoms with Gasteiger partial charge < -0.3 is 9.32 Å². The van der Waals surface area contributed by atoms with Crippen molar-refractivity contribution in [3.05, 3.63) is 176 Å². The van der Waals surface area contributed by atoms with Crippen LogP contribution in [0.15, 0.2) is 180 Å². The highest BCUT2D eigenvalue weighted by Crippen LogP contribution is 2.43. The normalized spacial score (nSPS) is 14.0. The van der Waals surface area contributed by atoms with Crippen LogP contribution in [0.2, 0.25) is 0 Å². The van der Waals surface area contributed by atoms with E-state index in [2.05, 4.69) is 0 Å². The van der Waals surface area contributed by atoms with Crippen molar-refractivity contribution in [3.8, 4) is 22.3 Å². The van der Waals surface area contributed by atoms with Crippen LogP contribution >= 0.6 is 11.3 Å². The number of furan rings is 1. The maximum atomic E-state index is 9.89. The van der Waals surface area contributed by atoms with Crippen LogP contribution in [0.4, 0.5) is 17.1 Å². The average molecular weight is 652 g/mol. The Morgan fingerprint density at radius 3 is 2.12 bits per heavy atom. The Labute approximate surface area is 299 Å². The Balaban J connectivity index is 1.30. The molecule has 0 unspecified atom stereocenters. The summed E-state index contributed by atoms with van der Waals surface area (Å²) in [6.45, 7) is 0. The Hall–Kier alpha value is -6.16. The molecule has 8 aromatic carbocycles. The molecule has 49 heavy (non-hydrogen) atoms. The van der Waals surface area contributed by atoms with Gasteiger partial charge in [-0.15, -0.1) is 11.3 Å². The van der Waals surface area contributed by atoms with Crippen molar-refractivity contribution in [3.63, 3.8) is 0 Å². The quantitative estimate of drug-likeness (QED) is 0.184. The summed E-state index contributed by atoms with van der Waals surface area (Å²) in [5.41, 5.74) is 2.39. The summed E-state index contributed by atoms with van der Waals surface area (Å²) in [5, 5.41) is 5.09. The molecule has 0 aliphatic rings. The molecule has 0 N–H and O–H groups in total. The number of nitrogens with zero attached hydrogens (tertiary/aromatic N) is 1. The van der Waals surface area contributed by atoms with Gasteiger partial charge in [-0.25, -0.2) is 0 Å². The van der Waals surface area contributed by atoms with Crippen LogP contribution in [0, 0.1) is 0 Å². The fraction of sp³-hybridized carbons (Fsp3) is 0. The van der Waals surface area contributed by atoms with E-state index < -0.39 is 24.2 Å². The number of rotatable bonds is 5. The molecular weight excluding hydrogens is 615 g/mol. The van der Waals surface area contributed by atoms with Gasteiger partial charge in [0.05, 0.1) is 11.0 Å². The van der Waals surface area contributed by atoms with E-state index in [0.29, 0.717) is 28.0 Å². The van der Waals surface area contributed by atoms with Crippen LogP contribution in [0.5, 0.6) is 0 Å². The lowest BCUT2D eigenvalue weighted by molar-refractivity contribution is 0.669. The molecule has 10 rings (SSSR count). The van der Waals surface area contributed by atoms with Crippen LogP contribution in [-0.2, 0) is 0 Å². The first-order valence-electron chi connectivity index (χ1n) is 19.9. The SMILES string of the molecule is [2H]c1c([2H])c(-c2cccc3sc4ccccc4c23)c([2H])c(N(c2ccc3c(c2)oc2ccccc23)c2c([2H])c([2H])c(-c3cccc4ccccc34)c([2H])c2[2H])c1[2H]. The number of para-hydroxylation sites is 1. The summed E-state index contributed by atoms with van der Waals surface area (Å²) in [5.74, 6) is 0. The highest BCUT2D eigenvalue weighted by molar-refractivity contribution is 7.25. The van der Waals surface area contributed by atoms with Gasteiger partial charge in [0.15, 0.2) is 0 Å². The van der Waals surface area contributed by atoms with E-state index in [0.717, 1.165) is 41.7 Å². The molecule has 0 bridgehead atoms. The fourth-order valence-electron chi connectivity index (χ4n) is 6.78. The van der Waals surface area contributed by atoms with Gasteiger partial charge in [0, 0.05) is 54.1 Å². The molecule has 2 aromatic heterocycles. The number of hydrogen-bond acceptors (Lipinski definition) is 3. The predicted molar refractivity (Wildman–Crippen MR) is 210 cm³/mol. The molecule has 230 valence electrons. The van der Waals surface area contributed by atoms with E-state index in [1.54, 1.807) is 29.5 Å². The van der Waals surface area contributed by atoms with Crippen LogP contribution in [0.3, 0.4) is 0 Å². The summed E-state index contributed by atoms with van der Waals surface area (Å²) >= 11 is 1.59. The van der Waals surface area contributed by atoms with E-state index in [-0.39, 0.29) is 46.7 Å².